The number of anilines is 1. The van der Waals surface area contributed by atoms with Crippen LogP contribution in [0.2, 0.25) is 5.02 Å². The number of alkyl halides is 5. The first-order valence-electron chi connectivity index (χ1n) is 9.27. The summed E-state index contributed by atoms with van der Waals surface area (Å²) in [6, 6.07) is 2.77. The van der Waals surface area contributed by atoms with Gasteiger partial charge in [0.1, 0.15) is 5.69 Å². The molecule has 0 unspecified atom stereocenters. The number of carbonyl (C=O) groups excluding carboxylic acids is 1. The highest BCUT2D eigenvalue weighted by atomic mass is 35.5. The number of nitrogens with zero attached hydrogens (tertiary/aromatic N) is 2. The lowest BCUT2D eigenvalue weighted by atomic mass is 9.89. The summed E-state index contributed by atoms with van der Waals surface area (Å²) in [6.45, 7) is -0.287. The highest BCUT2D eigenvalue weighted by molar-refractivity contribution is 6.31. The minimum absolute atomic E-state index is 0.146. The predicted molar refractivity (Wildman–Crippen MR) is 102 cm³/mol. The van der Waals surface area contributed by atoms with Gasteiger partial charge >= 0.3 is 12.3 Å². The number of ether oxygens (including phenoxy) is 1. The molecule has 32 heavy (non-hydrogen) atoms. The molecule has 1 aromatic carbocycles. The molecule has 0 saturated heterocycles. The number of cyclic esters (lactones) is 1. The Bertz CT molecular complexity index is 1210. The van der Waals surface area contributed by atoms with Crippen molar-refractivity contribution in [3.05, 3.63) is 56.7 Å². The molecule has 0 radical (unpaired) electrons. The van der Waals surface area contributed by atoms with E-state index in [1.54, 1.807) is 0 Å². The highest BCUT2D eigenvalue weighted by Crippen LogP contribution is 2.48. The van der Waals surface area contributed by atoms with Crippen LogP contribution in [0.15, 0.2) is 29.3 Å². The van der Waals surface area contributed by atoms with E-state index >= 15 is 0 Å². The Morgan fingerprint density at radius 1 is 1.28 bits per heavy atom. The van der Waals surface area contributed by atoms with Crippen molar-refractivity contribution in [3.63, 3.8) is 0 Å². The monoisotopic (exact) mass is 473 g/mol. The molecule has 1 atom stereocenters. The molecule has 12 heteroatoms. The Kier molecular flexibility index (Phi) is 5.36. The van der Waals surface area contributed by atoms with E-state index in [1.807, 2.05) is 0 Å². The lowest BCUT2D eigenvalue weighted by molar-refractivity contribution is -0.239. The zero-order valence-corrected chi connectivity index (χ0v) is 16.7. The van der Waals surface area contributed by atoms with Crippen molar-refractivity contribution in [3.8, 4) is 11.8 Å². The number of hydrogen-bond donors (Lipinski definition) is 1. The standard InChI is InChI=1S/C20H13ClF5N3O3/c21-13-6-12-14(5-11(13)8-29-9-27-15(17(22)23)7-16(29)30)28-18(31)32-19(12,20(24,25)26)4-3-10-1-2-10/h5-7,9-10,17H,1-2,8H2,(H,28,31)/t19-/m0/s1. The van der Waals surface area contributed by atoms with Crippen LogP contribution in [0.25, 0.3) is 0 Å². The number of carbonyl (C=O) groups is 1. The second-order valence-corrected chi connectivity index (χ2v) is 7.71. The molecule has 1 N–H and O–H groups in total. The van der Waals surface area contributed by atoms with Gasteiger partial charge < -0.3 is 4.74 Å². The minimum Gasteiger partial charge on any atom is -0.415 e. The molecular formula is C20H13ClF5N3O3. The van der Waals surface area contributed by atoms with Gasteiger partial charge in [-0.05, 0) is 36.5 Å². The van der Waals surface area contributed by atoms with Crippen LogP contribution in [0.4, 0.5) is 32.4 Å². The minimum atomic E-state index is -5.06. The molecule has 1 saturated carbocycles. The number of nitrogens with one attached hydrogen (secondary N) is 1. The first kappa shape index (κ1) is 22.1. The lowest BCUT2D eigenvalue weighted by Gasteiger charge is -2.36. The molecule has 4 rings (SSSR count). The summed E-state index contributed by atoms with van der Waals surface area (Å²) in [4.78, 5) is 27.5. The Hall–Kier alpha value is -3.13. The fourth-order valence-electron chi connectivity index (χ4n) is 3.13. The fraction of sp³-hybridized carbons (Fsp3) is 0.350. The molecule has 1 aliphatic carbocycles. The third-order valence-electron chi connectivity index (χ3n) is 4.94. The van der Waals surface area contributed by atoms with Crippen molar-refractivity contribution in [1.29, 1.82) is 0 Å². The van der Waals surface area contributed by atoms with Crippen LogP contribution in [-0.4, -0.2) is 21.8 Å². The number of hydrogen-bond acceptors (Lipinski definition) is 4. The van der Waals surface area contributed by atoms with Gasteiger partial charge in [-0.15, -0.1) is 0 Å². The second kappa shape index (κ2) is 7.78. The number of rotatable bonds is 3. The van der Waals surface area contributed by atoms with Crippen LogP contribution < -0.4 is 10.9 Å². The number of amides is 1. The van der Waals surface area contributed by atoms with Gasteiger partial charge in [-0.25, -0.2) is 18.6 Å². The quantitative estimate of drug-likeness (QED) is 0.522. The van der Waals surface area contributed by atoms with E-state index in [-0.39, 0.29) is 28.7 Å². The zero-order valence-electron chi connectivity index (χ0n) is 16.0. The summed E-state index contributed by atoms with van der Waals surface area (Å²) in [5, 5.41) is 2.02. The molecule has 1 fully saturated rings. The van der Waals surface area contributed by atoms with E-state index in [0.717, 1.165) is 23.0 Å². The average Bonchev–Trinajstić information content (AvgIpc) is 3.52. The summed E-state index contributed by atoms with van der Waals surface area (Å²) < 4.78 is 73.3. The van der Waals surface area contributed by atoms with Gasteiger partial charge in [-0.3, -0.25) is 14.7 Å². The molecule has 6 nitrogen and oxygen atoms in total. The molecule has 1 amide bonds. The van der Waals surface area contributed by atoms with Gasteiger partial charge in [0.25, 0.3) is 17.6 Å². The Labute approximate surface area is 182 Å². The van der Waals surface area contributed by atoms with Gasteiger partial charge in [0.2, 0.25) is 0 Å². The molecular weight excluding hydrogens is 461 g/mol. The SMILES string of the molecule is O=C1Nc2cc(Cn3cnc(C(F)F)cc3=O)c(Cl)cc2[C@@](C#CC2CC2)(C(F)(F)F)O1. The maximum atomic E-state index is 14.1. The molecule has 2 aliphatic rings. The van der Waals surface area contributed by atoms with Crippen LogP contribution in [0.1, 0.15) is 36.1 Å². The van der Waals surface area contributed by atoms with E-state index in [2.05, 4.69) is 26.9 Å². The van der Waals surface area contributed by atoms with E-state index < -0.39 is 41.1 Å². The maximum absolute atomic E-state index is 14.1. The third kappa shape index (κ3) is 4.02. The molecule has 0 spiro atoms. The summed E-state index contributed by atoms with van der Waals surface area (Å²) in [5.41, 5.74) is -5.31. The van der Waals surface area contributed by atoms with Crippen LogP contribution in [0.3, 0.4) is 0 Å². The van der Waals surface area contributed by atoms with Crippen molar-refractivity contribution in [2.45, 2.75) is 37.6 Å². The van der Waals surface area contributed by atoms with E-state index in [4.69, 9.17) is 11.6 Å². The Morgan fingerprint density at radius 3 is 2.59 bits per heavy atom. The molecule has 168 valence electrons. The van der Waals surface area contributed by atoms with Gasteiger partial charge in [0, 0.05) is 22.6 Å². The molecule has 2 aromatic rings. The van der Waals surface area contributed by atoms with Gasteiger partial charge in [-0.2, -0.15) is 13.2 Å². The van der Waals surface area contributed by atoms with Crippen LogP contribution in [0, 0.1) is 17.8 Å². The molecule has 1 aliphatic heterocycles. The highest BCUT2D eigenvalue weighted by Gasteiger charge is 2.62. The van der Waals surface area contributed by atoms with Crippen molar-refractivity contribution in [2.24, 2.45) is 5.92 Å². The largest absolute Gasteiger partial charge is 0.445 e. The smallest absolute Gasteiger partial charge is 0.415 e. The third-order valence-corrected chi connectivity index (χ3v) is 5.29. The average molecular weight is 474 g/mol. The topological polar surface area (TPSA) is 73.2 Å². The van der Waals surface area contributed by atoms with Crippen LogP contribution in [-0.2, 0) is 16.9 Å². The van der Waals surface area contributed by atoms with Gasteiger partial charge in [0.05, 0.1) is 18.6 Å². The number of aromatic nitrogens is 2. The summed E-state index contributed by atoms with van der Waals surface area (Å²) >= 11 is 6.19. The summed E-state index contributed by atoms with van der Waals surface area (Å²) in [6.07, 6.45) is -7.15. The van der Waals surface area contributed by atoms with E-state index in [9.17, 15) is 31.5 Å². The first-order valence-corrected chi connectivity index (χ1v) is 9.65. The van der Waals surface area contributed by atoms with Crippen molar-refractivity contribution >= 4 is 23.4 Å². The number of fused-ring (bicyclic) bond motifs is 1. The molecule has 0 bridgehead atoms. The lowest BCUT2D eigenvalue weighted by Crippen LogP contribution is -2.49. The predicted octanol–water partition coefficient (Wildman–Crippen LogP) is 4.62. The van der Waals surface area contributed by atoms with Gasteiger partial charge in [-0.1, -0.05) is 17.5 Å². The normalized spacial score (nSPS) is 20.2. The van der Waals surface area contributed by atoms with Crippen molar-refractivity contribution in [1.82, 2.24) is 9.55 Å². The number of halogens is 6. The first-order chi connectivity index (χ1) is 15.0. The van der Waals surface area contributed by atoms with Crippen molar-refractivity contribution < 1.29 is 31.5 Å². The fourth-order valence-corrected chi connectivity index (χ4v) is 3.35. The maximum Gasteiger partial charge on any atom is 0.445 e. The van der Waals surface area contributed by atoms with Gasteiger partial charge in [0.15, 0.2) is 0 Å². The zero-order chi connectivity index (χ0) is 23.3. The second-order valence-electron chi connectivity index (χ2n) is 7.31. The molecule has 2 heterocycles. The summed E-state index contributed by atoms with van der Waals surface area (Å²) in [5.74, 6) is 4.39. The van der Waals surface area contributed by atoms with Crippen LogP contribution in [0.5, 0.6) is 0 Å². The summed E-state index contributed by atoms with van der Waals surface area (Å²) in [7, 11) is 0. The van der Waals surface area contributed by atoms with E-state index in [1.165, 1.54) is 0 Å². The Morgan fingerprint density at radius 2 is 2.00 bits per heavy atom. The van der Waals surface area contributed by atoms with E-state index in [0.29, 0.717) is 18.9 Å². The number of benzene rings is 1. The Balaban J connectivity index is 1.78. The van der Waals surface area contributed by atoms with Crippen LogP contribution >= 0.6 is 11.6 Å². The molecule has 1 aromatic heterocycles. The van der Waals surface area contributed by atoms with Crippen molar-refractivity contribution in [2.75, 3.05) is 5.32 Å².